The molecule has 1 amide bonds. The third-order valence-electron chi connectivity index (χ3n) is 2.11. The van der Waals surface area contributed by atoms with E-state index in [1.807, 2.05) is 6.07 Å². The van der Waals surface area contributed by atoms with Crippen LogP contribution in [0.15, 0.2) is 18.2 Å². The Morgan fingerprint density at radius 1 is 1.56 bits per heavy atom. The molecule has 1 rings (SSSR count). The first kappa shape index (κ1) is 11.9. The maximum atomic E-state index is 11.3. The van der Waals surface area contributed by atoms with Crippen molar-refractivity contribution in [3.8, 4) is 6.07 Å². The molecule has 0 aliphatic carbocycles. The number of carbonyl (C=O) groups is 1. The summed E-state index contributed by atoms with van der Waals surface area (Å²) in [6.45, 7) is 0.184. The van der Waals surface area contributed by atoms with Gasteiger partial charge < -0.3 is 16.0 Å². The third-order valence-corrected chi connectivity index (χ3v) is 2.11. The summed E-state index contributed by atoms with van der Waals surface area (Å²) in [4.78, 5) is 12.8. The molecular weight excluding hydrogens is 204 g/mol. The monoisotopic (exact) mass is 218 g/mol. The fraction of sp³-hybridized carbons (Fsp3) is 0.273. The van der Waals surface area contributed by atoms with E-state index in [2.05, 4.69) is 5.32 Å². The van der Waals surface area contributed by atoms with Crippen LogP contribution < -0.4 is 11.1 Å². The second-order valence-electron chi connectivity index (χ2n) is 3.56. The van der Waals surface area contributed by atoms with E-state index in [-0.39, 0.29) is 12.5 Å². The molecule has 0 fully saturated rings. The Morgan fingerprint density at radius 3 is 2.75 bits per heavy atom. The first-order valence-corrected chi connectivity index (χ1v) is 4.78. The number of nitrogens with zero attached hydrogens (tertiary/aromatic N) is 2. The van der Waals surface area contributed by atoms with Gasteiger partial charge in [-0.15, -0.1) is 0 Å². The molecule has 0 saturated carbocycles. The van der Waals surface area contributed by atoms with Crippen LogP contribution in [0.4, 0.5) is 11.4 Å². The number of likely N-dealkylation sites (N-methyl/N-ethyl adjacent to an activating group) is 1. The van der Waals surface area contributed by atoms with Gasteiger partial charge in [0.1, 0.15) is 0 Å². The highest BCUT2D eigenvalue weighted by Crippen LogP contribution is 2.18. The normalized spacial score (nSPS) is 9.31. The molecule has 0 radical (unpaired) electrons. The fourth-order valence-electron chi connectivity index (χ4n) is 1.12. The topological polar surface area (TPSA) is 82.2 Å². The molecule has 0 heterocycles. The van der Waals surface area contributed by atoms with Crippen LogP contribution in [-0.4, -0.2) is 31.4 Å². The molecule has 0 spiro atoms. The molecule has 0 aliphatic heterocycles. The molecule has 16 heavy (non-hydrogen) atoms. The van der Waals surface area contributed by atoms with Crippen molar-refractivity contribution in [2.75, 3.05) is 31.7 Å². The van der Waals surface area contributed by atoms with Crippen molar-refractivity contribution in [3.05, 3.63) is 23.8 Å². The van der Waals surface area contributed by atoms with E-state index in [0.717, 1.165) is 0 Å². The second-order valence-corrected chi connectivity index (χ2v) is 3.56. The summed E-state index contributed by atoms with van der Waals surface area (Å²) >= 11 is 0. The summed E-state index contributed by atoms with van der Waals surface area (Å²) in [7, 11) is 3.37. The largest absolute Gasteiger partial charge is 0.397 e. The molecule has 1 aromatic carbocycles. The Kier molecular flexibility index (Phi) is 3.72. The van der Waals surface area contributed by atoms with E-state index in [0.29, 0.717) is 16.9 Å². The number of hydrogen-bond donors (Lipinski definition) is 2. The molecule has 3 N–H and O–H groups in total. The minimum Gasteiger partial charge on any atom is -0.397 e. The SMILES string of the molecule is CN(C)C(=O)CNc1ccc(C#N)cc1N. The number of hydrogen-bond acceptors (Lipinski definition) is 4. The quantitative estimate of drug-likeness (QED) is 0.729. The standard InChI is InChI=1S/C11H14N4O/c1-15(2)11(16)7-14-10-4-3-8(6-12)5-9(10)13/h3-5,14H,7,13H2,1-2H3. The number of carbonyl (C=O) groups excluding carboxylic acids is 1. The zero-order valence-electron chi connectivity index (χ0n) is 9.32. The Hall–Kier alpha value is -2.22. The van der Waals surface area contributed by atoms with Crippen molar-refractivity contribution in [1.29, 1.82) is 5.26 Å². The molecule has 0 aliphatic rings. The second kappa shape index (κ2) is 5.03. The molecule has 84 valence electrons. The number of nitrogens with two attached hydrogens (primary N) is 1. The first-order chi connectivity index (χ1) is 7.54. The van der Waals surface area contributed by atoms with Gasteiger partial charge >= 0.3 is 0 Å². The van der Waals surface area contributed by atoms with Gasteiger partial charge in [-0.25, -0.2) is 0 Å². The van der Waals surface area contributed by atoms with Crippen LogP contribution in [0.3, 0.4) is 0 Å². The zero-order chi connectivity index (χ0) is 12.1. The number of rotatable bonds is 3. The van der Waals surface area contributed by atoms with Gasteiger partial charge in [-0.1, -0.05) is 0 Å². The van der Waals surface area contributed by atoms with Gasteiger partial charge in [0.15, 0.2) is 0 Å². The summed E-state index contributed by atoms with van der Waals surface area (Å²) in [5.41, 5.74) is 7.35. The van der Waals surface area contributed by atoms with Crippen LogP contribution in [-0.2, 0) is 4.79 Å². The maximum Gasteiger partial charge on any atom is 0.241 e. The maximum absolute atomic E-state index is 11.3. The summed E-state index contributed by atoms with van der Waals surface area (Å²) in [5.74, 6) is -0.0382. The number of nitrogen functional groups attached to an aromatic ring is 1. The van der Waals surface area contributed by atoms with E-state index in [9.17, 15) is 4.79 Å². The van der Waals surface area contributed by atoms with Crippen molar-refractivity contribution in [3.63, 3.8) is 0 Å². The Labute approximate surface area is 94.5 Å². The molecular formula is C11H14N4O. The van der Waals surface area contributed by atoms with E-state index < -0.39 is 0 Å². The fourth-order valence-corrected chi connectivity index (χ4v) is 1.12. The van der Waals surface area contributed by atoms with Gasteiger partial charge in [-0.3, -0.25) is 4.79 Å². The Balaban J connectivity index is 2.69. The third kappa shape index (κ3) is 2.89. The van der Waals surface area contributed by atoms with Gasteiger partial charge in [0.05, 0.1) is 29.6 Å². The smallest absolute Gasteiger partial charge is 0.241 e. The molecule has 1 aromatic rings. The highest BCUT2D eigenvalue weighted by molar-refractivity contribution is 5.82. The van der Waals surface area contributed by atoms with Crippen molar-refractivity contribution in [1.82, 2.24) is 4.90 Å². The van der Waals surface area contributed by atoms with Crippen LogP contribution in [0, 0.1) is 11.3 Å². The van der Waals surface area contributed by atoms with Gasteiger partial charge in [-0.05, 0) is 18.2 Å². The summed E-state index contributed by atoms with van der Waals surface area (Å²) < 4.78 is 0. The summed E-state index contributed by atoms with van der Waals surface area (Å²) in [6, 6.07) is 6.91. The number of benzene rings is 1. The van der Waals surface area contributed by atoms with Gasteiger partial charge in [-0.2, -0.15) is 5.26 Å². The minimum absolute atomic E-state index is 0.0382. The number of nitrogens with one attached hydrogen (secondary N) is 1. The number of nitriles is 1. The summed E-state index contributed by atoms with van der Waals surface area (Å²) in [6.07, 6.45) is 0. The zero-order valence-corrected chi connectivity index (χ0v) is 9.32. The van der Waals surface area contributed by atoms with Crippen LogP contribution in [0.25, 0.3) is 0 Å². The van der Waals surface area contributed by atoms with Crippen LogP contribution in [0.2, 0.25) is 0 Å². The molecule has 0 unspecified atom stereocenters. The molecule has 0 atom stereocenters. The van der Waals surface area contributed by atoms with Crippen LogP contribution in [0.5, 0.6) is 0 Å². The molecule has 0 saturated heterocycles. The average Bonchev–Trinajstić information content (AvgIpc) is 2.26. The van der Waals surface area contributed by atoms with Crippen molar-refractivity contribution in [2.45, 2.75) is 0 Å². The Morgan fingerprint density at radius 2 is 2.25 bits per heavy atom. The van der Waals surface area contributed by atoms with E-state index in [4.69, 9.17) is 11.0 Å². The highest BCUT2D eigenvalue weighted by atomic mass is 16.2. The van der Waals surface area contributed by atoms with Crippen molar-refractivity contribution in [2.24, 2.45) is 0 Å². The van der Waals surface area contributed by atoms with E-state index in [1.165, 1.54) is 4.90 Å². The lowest BCUT2D eigenvalue weighted by Crippen LogP contribution is -2.28. The lowest BCUT2D eigenvalue weighted by atomic mass is 10.2. The first-order valence-electron chi connectivity index (χ1n) is 4.78. The van der Waals surface area contributed by atoms with Crippen molar-refractivity contribution < 1.29 is 4.79 Å². The molecule has 0 bridgehead atoms. The summed E-state index contributed by atoms with van der Waals surface area (Å²) in [5, 5.41) is 11.6. The van der Waals surface area contributed by atoms with Crippen LogP contribution in [0.1, 0.15) is 5.56 Å². The molecule has 0 aromatic heterocycles. The predicted octanol–water partition coefficient (Wildman–Crippen LogP) is 0.641. The van der Waals surface area contributed by atoms with Crippen LogP contribution >= 0.6 is 0 Å². The highest BCUT2D eigenvalue weighted by Gasteiger charge is 2.05. The van der Waals surface area contributed by atoms with E-state index >= 15 is 0 Å². The lowest BCUT2D eigenvalue weighted by Gasteiger charge is -2.13. The lowest BCUT2D eigenvalue weighted by molar-refractivity contribution is -0.126. The van der Waals surface area contributed by atoms with Gasteiger partial charge in [0, 0.05) is 14.1 Å². The van der Waals surface area contributed by atoms with Gasteiger partial charge in [0.25, 0.3) is 0 Å². The molecule has 5 nitrogen and oxygen atoms in total. The van der Waals surface area contributed by atoms with Crippen molar-refractivity contribution >= 4 is 17.3 Å². The van der Waals surface area contributed by atoms with Gasteiger partial charge in [0.2, 0.25) is 5.91 Å². The minimum atomic E-state index is -0.0382. The number of anilines is 2. The number of amides is 1. The van der Waals surface area contributed by atoms with E-state index in [1.54, 1.807) is 32.3 Å². The predicted molar refractivity (Wildman–Crippen MR) is 62.8 cm³/mol. The molecule has 5 heteroatoms. The average molecular weight is 218 g/mol. The Bertz CT molecular complexity index is 434.